The zero-order valence-electron chi connectivity index (χ0n) is 9.44. The van der Waals surface area contributed by atoms with Gasteiger partial charge in [0.1, 0.15) is 9.36 Å². The van der Waals surface area contributed by atoms with Gasteiger partial charge in [-0.3, -0.25) is 13.5 Å². The summed E-state index contributed by atoms with van der Waals surface area (Å²) in [6, 6.07) is 7.09. The Labute approximate surface area is 118 Å². The number of ketones is 1. The molecule has 6 heteroatoms. The zero-order chi connectivity index (χ0) is 13.3. The van der Waals surface area contributed by atoms with E-state index in [1.807, 2.05) is 12.1 Å². The highest BCUT2D eigenvalue weighted by molar-refractivity contribution is 7.11. The van der Waals surface area contributed by atoms with E-state index in [0.29, 0.717) is 16.4 Å². The summed E-state index contributed by atoms with van der Waals surface area (Å²) in [5.41, 5.74) is 1.27. The Morgan fingerprint density at radius 2 is 1.89 bits per heavy atom. The van der Waals surface area contributed by atoms with E-state index in [2.05, 4.69) is 0 Å². The molecule has 0 spiro atoms. The Morgan fingerprint density at radius 3 is 2.33 bits per heavy atom. The minimum Gasteiger partial charge on any atom is -0.295 e. The Balaban J connectivity index is 2.26. The third-order valence-corrected chi connectivity index (χ3v) is 4.30. The van der Waals surface area contributed by atoms with E-state index < -0.39 is 0 Å². The Hall–Kier alpha value is -1.10. The first-order valence-electron chi connectivity index (χ1n) is 5.14. The van der Waals surface area contributed by atoms with Gasteiger partial charge in [-0.25, -0.2) is 0 Å². The summed E-state index contributed by atoms with van der Waals surface area (Å²) in [6.07, 6.45) is 0. The predicted octanol–water partition coefficient (Wildman–Crippen LogP) is 3.47. The van der Waals surface area contributed by atoms with Gasteiger partial charge >= 0.3 is 0 Å². The number of benzene rings is 1. The SMILES string of the molecule is CC(=O)c1ccc(Cn2sc(Cl)c(Cl)c2=O)cc1. The quantitative estimate of drug-likeness (QED) is 0.814. The highest BCUT2D eigenvalue weighted by atomic mass is 35.5. The van der Waals surface area contributed by atoms with Crippen molar-refractivity contribution in [2.75, 3.05) is 0 Å². The van der Waals surface area contributed by atoms with Gasteiger partial charge in [-0.2, -0.15) is 0 Å². The van der Waals surface area contributed by atoms with Crippen molar-refractivity contribution in [2.24, 2.45) is 0 Å². The standard InChI is InChI=1S/C12H9Cl2NO2S/c1-7(16)9-4-2-8(3-5-9)6-15-12(17)10(13)11(14)18-15/h2-5H,6H2,1H3. The third-order valence-electron chi connectivity index (χ3n) is 2.46. The second-order valence-corrected chi connectivity index (χ2v) is 5.79. The molecule has 0 saturated carbocycles. The van der Waals surface area contributed by atoms with Crippen molar-refractivity contribution in [1.82, 2.24) is 3.96 Å². The number of carbonyl (C=O) groups is 1. The number of Topliss-reactive ketones (excluding diaryl/α,β-unsaturated/α-hetero) is 1. The minimum atomic E-state index is -0.290. The molecule has 0 aliphatic rings. The normalized spacial score (nSPS) is 10.6. The van der Waals surface area contributed by atoms with E-state index >= 15 is 0 Å². The van der Waals surface area contributed by atoms with Crippen molar-refractivity contribution in [2.45, 2.75) is 13.5 Å². The predicted molar refractivity (Wildman–Crippen MR) is 74.1 cm³/mol. The molecule has 1 aromatic carbocycles. The van der Waals surface area contributed by atoms with Gasteiger partial charge in [0.25, 0.3) is 5.56 Å². The highest BCUT2D eigenvalue weighted by Crippen LogP contribution is 2.23. The van der Waals surface area contributed by atoms with Crippen molar-refractivity contribution >= 4 is 40.5 Å². The monoisotopic (exact) mass is 301 g/mol. The molecule has 0 radical (unpaired) electrons. The fraction of sp³-hybridized carbons (Fsp3) is 0.167. The van der Waals surface area contributed by atoms with Crippen molar-refractivity contribution in [3.63, 3.8) is 0 Å². The van der Waals surface area contributed by atoms with Gasteiger partial charge in [-0.1, -0.05) is 47.5 Å². The first-order chi connectivity index (χ1) is 8.49. The average Bonchev–Trinajstić information content (AvgIpc) is 2.58. The average molecular weight is 302 g/mol. The molecule has 0 saturated heterocycles. The zero-order valence-corrected chi connectivity index (χ0v) is 11.8. The van der Waals surface area contributed by atoms with Crippen LogP contribution >= 0.6 is 34.7 Å². The molecule has 0 fully saturated rings. The second kappa shape index (κ2) is 5.26. The lowest BCUT2D eigenvalue weighted by atomic mass is 10.1. The number of carbonyl (C=O) groups excluding carboxylic acids is 1. The van der Waals surface area contributed by atoms with E-state index in [0.717, 1.165) is 17.1 Å². The van der Waals surface area contributed by atoms with Gasteiger partial charge in [-0.05, 0) is 24.0 Å². The van der Waals surface area contributed by atoms with Crippen molar-refractivity contribution in [1.29, 1.82) is 0 Å². The van der Waals surface area contributed by atoms with Crippen molar-refractivity contribution < 1.29 is 4.79 Å². The van der Waals surface area contributed by atoms with Gasteiger partial charge in [-0.15, -0.1) is 0 Å². The molecule has 0 unspecified atom stereocenters. The molecule has 0 bridgehead atoms. The van der Waals surface area contributed by atoms with Crippen LogP contribution in [0.25, 0.3) is 0 Å². The maximum atomic E-state index is 11.7. The van der Waals surface area contributed by atoms with Gasteiger partial charge in [0.05, 0.1) is 6.54 Å². The van der Waals surface area contributed by atoms with Crippen LogP contribution in [-0.4, -0.2) is 9.74 Å². The molecule has 1 aromatic heterocycles. The summed E-state index contributed by atoms with van der Waals surface area (Å²) in [7, 11) is 0. The van der Waals surface area contributed by atoms with E-state index in [-0.39, 0.29) is 16.4 Å². The molecule has 0 atom stereocenters. The lowest BCUT2D eigenvalue weighted by molar-refractivity contribution is 0.101. The van der Waals surface area contributed by atoms with Gasteiger partial charge in [0.2, 0.25) is 0 Å². The molecule has 18 heavy (non-hydrogen) atoms. The van der Waals surface area contributed by atoms with Crippen molar-refractivity contribution in [3.05, 3.63) is 55.1 Å². The Kier molecular flexibility index (Phi) is 3.90. The Morgan fingerprint density at radius 1 is 1.28 bits per heavy atom. The van der Waals surface area contributed by atoms with Gasteiger partial charge < -0.3 is 0 Å². The largest absolute Gasteiger partial charge is 0.295 e. The van der Waals surface area contributed by atoms with Crippen LogP contribution in [0.2, 0.25) is 9.36 Å². The first kappa shape index (κ1) is 13.3. The summed E-state index contributed by atoms with van der Waals surface area (Å²) in [5, 5.41) is 0.0574. The van der Waals surface area contributed by atoms with Crippen LogP contribution in [-0.2, 0) is 6.54 Å². The van der Waals surface area contributed by atoms with Crippen LogP contribution in [0.1, 0.15) is 22.8 Å². The van der Waals surface area contributed by atoms with Crippen LogP contribution in [0, 0.1) is 0 Å². The molecular weight excluding hydrogens is 293 g/mol. The number of rotatable bonds is 3. The second-order valence-electron chi connectivity index (χ2n) is 3.77. The number of halogens is 2. The minimum absolute atomic E-state index is 0.0147. The highest BCUT2D eigenvalue weighted by Gasteiger charge is 2.11. The van der Waals surface area contributed by atoms with E-state index in [4.69, 9.17) is 23.2 Å². The summed E-state index contributed by atoms with van der Waals surface area (Å²) >= 11 is 12.6. The smallest absolute Gasteiger partial charge is 0.281 e. The summed E-state index contributed by atoms with van der Waals surface area (Å²) in [5.74, 6) is 0.0147. The van der Waals surface area contributed by atoms with E-state index in [1.165, 1.54) is 10.9 Å². The molecule has 2 aromatic rings. The summed E-state index contributed by atoms with van der Waals surface area (Å²) in [4.78, 5) is 22.8. The number of nitrogens with zero attached hydrogens (tertiary/aromatic N) is 1. The number of hydrogen-bond acceptors (Lipinski definition) is 3. The van der Waals surface area contributed by atoms with Gasteiger partial charge in [0, 0.05) is 5.56 Å². The lowest BCUT2D eigenvalue weighted by Gasteiger charge is -2.02. The maximum Gasteiger partial charge on any atom is 0.281 e. The summed E-state index contributed by atoms with van der Waals surface area (Å²) < 4.78 is 1.77. The van der Waals surface area contributed by atoms with Crippen LogP contribution in [0.15, 0.2) is 29.1 Å². The fourth-order valence-electron chi connectivity index (χ4n) is 1.49. The van der Waals surface area contributed by atoms with Crippen molar-refractivity contribution in [3.8, 4) is 0 Å². The van der Waals surface area contributed by atoms with E-state index in [9.17, 15) is 9.59 Å². The molecular formula is C12H9Cl2NO2S. The number of aromatic nitrogens is 1. The summed E-state index contributed by atoms with van der Waals surface area (Å²) in [6.45, 7) is 1.91. The maximum absolute atomic E-state index is 11.7. The molecule has 0 aliphatic heterocycles. The van der Waals surface area contributed by atoms with Crippen LogP contribution in [0.5, 0.6) is 0 Å². The van der Waals surface area contributed by atoms with Gasteiger partial charge in [0.15, 0.2) is 5.78 Å². The first-order valence-corrected chi connectivity index (χ1v) is 6.67. The molecule has 0 N–H and O–H groups in total. The topological polar surface area (TPSA) is 39.1 Å². The molecule has 1 heterocycles. The molecule has 2 rings (SSSR count). The van der Waals surface area contributed by atoms with Crippen LogP contribution in [0.4, 0.5) is 0 Å². The number of hydrogen-bond donors (Lipinski definition) is 0. The lowest BCUT2D eigenvalue weighted by Crippen LogP contribution is -2.13. The van der Waals surface area contributed by atoms with Crippen LogP contribution < -0.4 is 5.56 Å². The van der Waals surface area contributed by atoms with Crippen LogP contribution in [0.3, 0.4) is 0 Å². The third kappa shape index (κ3) is 2.66. The molecule has 94 valence electrons. The fourth-order valence-corrected chi connectivity index (χ4v) is 2.82. The molecule has 0 aliphatic carbocycles. The van der Waals surface area contributed by atoms with E-state index in [1.54, 1.807) is 12.1 Å². The molecule has 0 amide bonds. The Bertz CT molecular complexity index is 643. The molecule has 3 nitrogen and oxygen atoms in total.